The molecule has 0 heterocycles. The zero-order valence-electron chi connectivity index (χ0n) is 26.8. The number of fused-ring (bicyclic) bond motifs is 1. The van der Waals surface area contributed by atoms with Gasteiger partial charge in [-0.05, 0) is 126 Å². The van der Waals surface area contributed by atoms with E-state index in [-0.39, 0.29) is 41.3 Å². The Morgan fingerprint density at radius 3 is 2.38 bits per heavy atom. The molecule has 0 saturated heterocycles. The van der Waals surface area contributed by atoms with Crippen LogP contribution in [0.4, 0.5) is 0 Å². The molecule has 0 spiro atoms. The number of aliphatic hydroxyl groups is 2. The van der Waals surface area contributed by atoms with Crippen molar-refractivity contribution in [2.24, 2.45) is 11.8 Å². The SMILES string of the molecule is COc1ccc(CCC(=O)C[C@@H](O)C[C@@H]2C=C(O)C=C[C@H]2CCCCc2cccc(O)c2)cc1OCc1ccc2cc(O)ccc2c1. The van der Waals surface area contributed by atoms with Crippen molar-refractivity contribution in [1.29, 1.82) is 0 Å². The number of aryl methyl sites for hydroxylation is 2. The molecule has 47 heavy (non-hydrogen) atoms. The summed E-state index contributed by atoms with van der Waals surface area (Å²) in [5.74, 6) is 2.03. The molecule has 5 rings (SSSR count). The van der Waals surface area contributed by atoms with Crippen LogP contribution in [-0.4, -0.2) is 39.4 Å². The highest BCUT2D eigenvalue weighted by Gasteiger charge is 2.25. The first kappa shape index (κ1) is 33.6. The molecule has 4 N–H and O–H groups in total. The number of phenols is 2. The molecule has 4 aromatic carbocycles. The average molecular weight is 637 g/mol. The molecule has 3 atom stereocenters. The molecule has 0 aliphatic heterocycles. The van der Waals surface area contributed by atoms with Crippen molar-refractivity contribution in [2.75, 3.05) is 7.11 Å². The molecule has 0 radical (unpaired) electrons. The number of allylic oxidation sites excluding steroid dienone is 3. The van der Waals surface area contributed by atoms with Crippen LogP contribution in [0.3, 0.4) is 0 Å². The number of rotatable bonds is 16. The van der Waals surface area contributed by atoms with Crippen molar-refractivity contribution in [1.82, 2.24) is 0 Å². The van der Waals surface area contributed by atoms with Crippen molar-refractivity contribution in [3.63, 3.8) is 0 Å². The number of Topliss-reactive ketones (excluding diaryl/α,β-unsaturated/α-hetero) is 1. The Labute approximate surface area is 276 Å². The zero-order valence-corrected chi connectivity index (χ0v) is 26.8. The minimum absolute atomic E-state index is 0.0137. The van der Waals surface area contributed by atoms with E-state index in [0.717, 1.165) is 53.1 Å². The fourth-order valence-electron chi connectivity index (χ4n) is 6.31. The van der Waals surface area contributed by atoms with Gasteiger partial charge >= 0.3 is 0 Å². The van der Waals surface area contributed by atoms with Crippen LogP contribution in [-0.2, 0) is 24.2 Å². The highest BCUT2D eigenvalue weighted by atomic mass is 16.5. The van der Waals surface area contributed by atoms with Crippen molar-refractivity contribution in [3.8, 4) is 23.0 Å². The summed E-state index contributed by atoms with van der Waals surface area (Å²) >= 11 is 0. The molecular weight excluding hydrogens is 592 g/mol. The summed E-state index contributed by atoms with van der Waals surface area (Å²) in [7, 11) is 1.59. The summed E-state index contributed by atoms with van der Waals surface area (Å²) in [6, 6.07) is 24.2. The maximum Gasteiger partial charge on any atom is 0.161 e. The van der Waals surface area contributed by atoms with Gasteiger partial charge in [-0.1, -0.05) is 48.9 Å². The van der Waals surface area contributed by atoms with Crippen LogP contribution in [0.25, 0.3) is 10.8 Å². The number of unbranched alkanes of at least 4 members (excludes halogenated alkanes) is 1. The number of ketones is 1. The third-order valence-corrected chi connectivity index (χ3v) is 8.82. The molecule has 0 saturated carbocycles. The van der Waals surface area contributed by atoms with Gasteiger partial charge in [-0.25, -0.2) is 0 Å². The highest BCUT2D eigenvalue weighted by Crippen LogP contribution is 2.32. The summed E-state index contributed by atoms with van der Waals surface area (Å²) in [5.41, 5.74) is 3.02. The van der Waals surface area contributed by atoms with Gasteiger partial charge in [-0.15, -0.1) is 0 Å². The second kappa shape index (κ2) is 16.2. The van der Waals surface area contributed by atoms with Gasteiger partial charge in [0.2, 0.25) is 0 Å². The maximum absolute atomic E-state index is 12.9. The van der Waals surface area contributed by atoms with Crippen LogP contribution < -0.4 is 9.47 Å². The van der Waals surface area contributed by atoms with Crippen LogP contribution in [0.2, 0.25) is 0 Å². The fourth-order valence-corrected chi connectivity index (χ4v) is 6.31. The van der Waals surface area contributed by atoms with Gasteiger partial charge in [0.25, 0.3) is 0 Å². The topological polar surface area (TPSA) is 116 Å². The number of carbonyl (C=O) groups excluding carboxylic acids is 1. The zero-order chi connectivity index (χ0) is 33.2. The Morgan fingerprint density at radius 1 is 0.787 bits per heavy atom. The van der Waals surface area contributed by atoms with Crippen molar-refractivity contribution >= 4 is 16.6 Å². The number of ether oxygens (including phenoxy) is 2. The van der Waals surface area contributed by atoms with Gasteiger partial charge in [-0.3, -0.25) is 4.79 Å². The minimum Gasteiger partial charge on any atom is -0.508 e. The first-order valence-electron chi connectivity index (χ1n) is 16.3. The van der Waals surface area contributed by atoms with Crippen molar-refractivity contribution in [3.05, 3.63) is 120 Å². The van der Waals surface area contributed by atoms with Crippen LogP contribution in [0.1, 0.15) is 55.2 Å². The Kier molecular flexibility index (Phi) is 11.6. The van der Waals surface area contributed by atoms with E-state index in [2.05, 4.69) is 0 Å². The number of hydrogen-bond donors (Lipinski definition) is 4. The molecular formula is C40H44O7. The van der Waals surface area contributed by atoms with Gasteiger partial charge in [0.05, 0.1) is 13.2 Å². The Bertz CT molecular complexity index is 1720. The number of aromatic hydroxyl groups is 2. The molecule has 0 amide bonds. The van der Waals surface area contributed by atoms with E-state index in [1.807, 2.05) is 60.7 Å². The van der Waals surface area contributed by atoms with Crippen molar-refractivity contribution in [2.45, 2.75) is 64.1 Å². The first-order chi connectivity index (χ1) is 22.7. The van der Waals surface area contributed by atoms with Gasteiger partial charge in [0.1, 0.15) is 29.6 Å². The Hall–Kier alpha value is -4.75. The molecule has 0 fully saturated rings. The van der Waals surface area contributed by atoms with Gasteiger partial charge in [0, 0.05) is 12.8 Å². The molecule has 7 heteroatoms. The van der Waals surface area contributed by atoms with Gasteiger partial charge in [-0.2, -0.15) is 0 Å². The Morgan fingerprint density at radius 2 is 1.55 bits per heavy atom. The lowest BCUT2D eigenvalue weighted by molar-refractivity contribution is -0.121. The predicted molar refractivity (Wildman–Crippen MR) is 184 cm³/mol. The first-order valence-corrected chi connectivity index (χ1v) is 16.3. The van der Waals surface area contributed by atoms with E-state index >= 15 is 0 Å². The molecule has 0 unspecified atom stereocenters. The van der Waals surface area contributed by atoms with E-state index in [4.69, 9.17) is 9.47 Å². The number of aliphatic hydroxyl groups excluding tert-OH is 2. The third kappa shape index (κ3) is 9.87. The number of methoxy groups -OCH3 is 1. The molecule has 1 aliphatic rings. The highest BCUT2D eigenvalue weighted by molar-refractivity contribution is 5.84. The summed E-state index contributed by atoms with van der Waals surface area (Å²) in [5, 5.41) is 42.4. The summed E-state index contributed by atoms with van der Waals surface area (Å²) in [4.78, 5) is 12.9. The van der Waals surface area contributed by atoms with Crippen LogP contribution in [0, 0.1) is 11.8 Å². The number of hydrogen-bond acceptors (Lipinski definition) is 7. The van der Waals surface area contributed by atoms with E-state index < -0.39 is 6.10 Å². The number of carbonyl (C=O) groups is 1. The summed E-state index contributed by atoms with van der Waals surface area (Å²) < 4.78 is 11.6. The largest absolute Gasteiger partial charge is 0.508 e. The smallest absolute Gasteiger partial charge is 0.161 e. The number of phenolic OH excluding ortho intramolecular Hbond substituents is 2. The van der Waals surface area contributed by atoms with Gasteiger partial charge in [0.15, 0.2) is 11.5 Å². The van der Waals surface area contributed by atoms with Crippen molar-refractivity contribution < 1.29 is 34.7 Å². The third-order valence-electron chi connectivity index (χ3n) is 8.82. The lowest BCUT2D eigenvalue weighted by Crippen LogP contribution is -2.23. The lowest BCUT2D eigenvalue weighted by atomic mass is 9.80. The maximum atomic E-state index is 12.9. The molecule has 1 aliphatic carbocycles. The van der Waals surface area contributed by atoms with E-state index in [1.54, 1.807) is 43.5 Å². The quantitative estimate of drug-likeness (QED) is 0.0918. The monoisotopic (exact) mass is 636 g/mol. The molecule has 0 bridgehead atoms. The molecule has 0 aromatic heterocycles. The Balaban J connectivity index is 1.09. The van der Waals surface area contributed by atoms with E-state index in [9.17, 15) is 25.2 Å². The molecule has 7 nitrogen and oxygen atoms in total. The number of benzene rings is 4. The normalized spacial score (nSPS) is 16.5. The minimum atomic E-state index is -0.793. The molecule has 246 valence electrons. The lowest BCUT2D eigenvalue weighted by Gasteiger charge is -2.27. The fraction of sp³-hybridized carbons (Fsp3) is 0.325. The van der Waals surface area contributed by atoms with E-state index in [1.165, 1.54) is 0 Å². The standard InChI is InChI=1S/C40H44O7/c1-46-39-18-11-28(21-40(39)47-26-29-9-12-32-22-35(42)17-14-31(32)19-29)10-15-37(44)25-38(45)24-33-23-36(43)16-13-30(33)7-3-2-5-27-6-4-8-34(41)20-27/h4,6,8-9,11-14,16-23,30,33,38,41-43,45H,2-3,5,7,10,15,24-26H2,1H3/t30-,33+,38+/m1/s1. The second-order valence-electron chi connectivity index (χ2n) is 12.5. The predicted octanol–water partition coefficient (Wildman–Crippen LogP) is 8.14. The summed E-state index contributed by atoms with van der Waals surface area (Å²) in [6.07, 6.45) is 9.78. The average Bonchev–Trinajstić information content (AvgIpc) is 3.05. The second-order valence-corrected chi connectivity index (χ2v) is 12.5. The summed E-state index contributed by atoms with van der Waals surface area (Å²) in [6.45, 7) is 0.334. The van der Waals surface area contributed by atoms with E-state index in [0.29, 0.717) is 37.4 Å². The van der Waals surface area contributed by atoms with Crippen LogP contribution in [0.15, 0.2) is 103 Å². The van der Waals surface area contributed by atoms with Crippen LogP contribution >= 0.6 is 0 Å². The van der Waals surface area contributed by atoms with Gasteiger partial charge < -0.3 is 29.9 Å². The van der Waals surface area contributed by atoms with Crippen LogP contribution in [0.5, 0.6) is 23.0 Å². The molecule has 4 aromatic rings.